The molecular weight excluding hydrogens is 224 g/mol. The van der Waals surface area contributed by atoms with Crippen LogP contribution in [0.25, 0.3) is 0 Å². The van der Waals surface area contributed by atoms with E-state index in [-0.39, 0.29) is 5.92 Å². The van der Waals surface area contributed by atoms with Crippen molar-refractivity contribution in [3.05, 3.63) is 11.6 Å². The first-order valence-electron chi connectivity index (χ1n) is 7.24. The zero-order chi connectivity index (χ0) is 13.0. The number of hydrogen-bond acceptors (Lipinski definition) is 3. The molecule has 0 bridgehead atoms. The topological polar surface area (TPSA) is 23.6 Å². The molecule has 0 aromatic carbocycles. The number of hydrogen-bond donors (Lipinski definition) is 0. The van der Waals surface area contributed by atoms with Crippen LogP contribution < -0.4 is 0 Å². The summed E-state index contributed by atoms with van der Waals surface area (Å²) in [5.74, 6) is 0.637. The second-order valence-electron chi connectivity index (χ2n) is 5.90. The van der Waals surface area contributed by atoms with Gasteiger partial charge in [0.15, 0.2) is 0 Å². The van der Waals surface area contributed by atoms with Crippen LogP contribution in [0, 0.1) is 5.92 Å². The largest absolute Gasteiger partial charge is 0.306 e. The van der Waals surface area contributed by atoms with Gasteiger partial charge in [0.25, 0.3) is 0 Å². The maximum atomic E-state index is 12.1. The summed E-state index contributed by atoms with van der Waals surface area (Å²) < 4.78 is 0. The Morgan fingerprint density at radius 1 is 1.00 bits per heavy atom. The fraction of sp³-hybridized carbons (Fsp3) is 0.800. The van der Waals surface area contributed by atoms with Crippen LogP contribution in [0.1, 0.15) is 32.1 Å². The highest BCUT2D eigenvalue weighted by molar-refractivity contribution is 5.83. The van der Waals surface area contributed by atoms with E-state index in [4.69, 9.17) is 0 Å². The number of Topliss-reactive ketones (excluding diaryl/α,β-unsaturated/α-hetero) is 1. The van der Waals surface area contributed by atoms with Gasteiger partial charge in [0.05, 0.1) is 0 Å². The van der Waals surface area contributed by atoms with Gasteiger partial charge in [0.1, 0.15) is 5.78 Å². The summed E-state index contributed by atoms with van der Waals surface area (Å²) in [5.41, 5.74) is 1.52. The van der Waals surface area contributed by atoms with Crippen LogP contribution in [0.4, 0.5) is 0 Å². The SMILES string of the molecule is CN1CCCC(=CC2CCN(C)CCC2=O)CC1. The number of nitrogens with zero attached hydrogens (tertiary/aromatic N) is 2. The van der Waals surface area contributed by atoms with Crippen LogP contribution in [-0.4, -0.2) is 55.9 Å². The molecule has 2 rings (SSSR count). The van der Waals surface area contributed by atoms with Gasteiger partial charge in [-0.05, 0) is 52.9 Å². The Morgan fingerprint density at radius 3 is 2.56 bits per heavy atom. The highest BCUT2D eigenvalue weighted by atomic mass is 16.1. The Morgan fingerprint density at radius 2 is 1.72 bits per heavy atom. The minimum absolute atomic E-state index is 0.188. The van der Waals surface area contributed by atoms with Gasteiger partial charge in [-0.25, -0.2) is 0 Å². The molecule has 0 N–H and O–H groups in total. The minimum atomic E-state index is 0.188. The number of ketones is 1. The van der Waals surface area contributed by atoms with Crippen LogP contribution in [0.2, 0.25) is 0 Å². The zero-order valence-corrected chi connectivity index (χ0v) is 11.8. The van der Waals surface area contributed by atoms with E-state index in [0.717, 1.165) is 38.9 Å². The summed E-state index contributed by atoms with van der Waals surface area (Å²) in [6.07, 6.45) is 7.61. The Hall–Kier alpha value is -0.670. The van der Waals surface area contributed by atoms with Crippen molar-refractivity contribution < 1.29 is 4.79 Å². The highest BCUT2D eigenvalue weighted by Crippen LogP contribution is 2.22. The maximum absolute atomic E-state index is 12.1. The Kier molecular flexibility index (Phi) is 4.95. The maximum Gasteiger partial charge on any atom is 0.141 e. The Balaban J connectivity index is 1.99. The second-order valence-corrected chi connectivity index (χ2v) is 5.90. The van der Waals surface area contributed by atoms with Crippen molar-refractivity contribution in [2.75, 3.05) is 40.3 Å². The fourth-order valence-electron chi connectivity index (χ4n) is 2.89. The van der Waals surface area contributed by atoms with E-state index in [2.05, 4.69) is 30.0 Å². The molecule has 0 radical (unpaired) electrons. The number of rotatable bonds is 1. The molecule has 18 heavy (non-hydrogen) atoms. The molecule has 3 heteroatoms. The van der Waals surface area contributed by atoms with Crippen molar-refractivity contribution in [3.8, 4) is 0 Å². The first-order chi connectivity index (χ1) is 8.65. The average Bonchev–Trinajstić information content (AvgIpc) is 2.64. The van der Waals surface area contributed by atoms with Crippen molar-refractivity contribution in [3.63, 3.8) is 0 Å². The molecule has 0 amide bonds. The van der Waals surface area contributed by atoms with Crippen molar-refractivity contribution in [1.29, 1.82) is 0 Å². The first kappa shape index (κ1) is 13.8. The van der Waals surface area contributed by atoms with Crippen LogP contribution in [-0.2, 0) is 4.79 Å². The van der Waals surface area contributed by atoms with Crippen molar-refractivity contribution in [2.24, 2.45) is 5.92 Å². The molecule has 0 aromatic rings. The van der Waals surface area contributed by atoms with Gasteiger partial charge in [-0.1, -0.05) is 11.6 Å². The molecule has 1 unspecified atom stereocenters. The third kappa shape index (κ3) is 3.92. The smallest absolute Gasteiger partial charge is 0.141 e. The molecule has 0 aliphatic carbocycles. The lowest BCUT2D eigenvalue weighted by atomic mass is 9.94. The van der Waals surface area contributed by atoms with Crippen LogP contribution in [0.5, 0.6) is 0 Å². The zero-order valence-electron chi connectivity index (χ0n) is 11.8. The number of likely N-dealkylation sites (tertiary alicyclic amines) is 2. The van der Waals surface area contributed by atoms with E-state index >= 15 is 0 Å². The van der Waals surface area contributed by atoms with Gasteiger partial charge in [0, 0.05) is 25.4 Å². The lowest BCUT2D eigenvalue weighted by Crippen LogP contribution is -2.18. The Bertz CT molecular complexity index is 324. The van der Waals surface area contributed by atoms with Crippen LogP contribution in [0.15, 0.2) is 11.6 Å². The third-order valence-electron chi connectivity index (χ3n) is 4.26. The van der Waals surface area contributed by atoms with E-state index in [1.165, 1.54) is 25.0 Å². The lowest BCUT2D eigenvalue weighted by Gasteiger charge is -2.13. The summed E-state index contributed by atoms with van der Waals surface area (Å²) >= 11 is 0. The molecule has 0 spiro atoms. The summed E-state index contributed by atoms with van der Waals surface area (Å²) in [4.78, 5) is 16.8. The van der Waals surface area contributed by atoms with Gasteiger partial charge < -0.3 is 9.80 Å². The third-order valence-corrected chi connectivity index (χ3v) is 4.26. The van der Waals surface area contributed by atoms with E-state index in [0.29, 0.717) is 5.78 Å². The Labute approximate surface area is 111 Å². The van der Waals surface area contributed by atoms with Gasteiger partial charge in [0.2, 0.25) is 0 Å². The molecule has 2 fully saturated rings. The number of allylic oxidation sites excluding steroid dienone is 1. The molecular formula is C15H26N2O. The van der Waals surface area contributed by atoms with Crippen molar-refractivity contribution >= 4 is 5.78 Å². The predicted octanol–water partition coefficient (Wildman–Crippen LogP) is 1.94. The van der Waals surface area contributed by atoms with E-state index in [9.17, 15) is 4.79 Å². The van der Waals surface area contributed by atoms with Crippen LogP contribution >= 0.6 is 0 Å². The van der Waals surface area contributed by atoms with Gasteiger partial charge in [-0.3, -0.25) is 4.79 Å². The van der Waals surface area contributed by atoms with Gasteiger partial charge in [-0.2, -0.15) is 0 Å². The molecule has 2 saturated heterocycles. The number of carbonyl (C=O) groups excluding carboxylic acids is 1. The summed E-state index contributed by atoms with van der Waals surface area (Å²) in [7, 11) is 4.30. The number of carbonyl (C=O) groups is 1. The fourth-order valence-corrected chi connectivity index (χ4v) is 2.89. The predicted molar refractivity (Wildman–Crippen MR) is 74.7 cm³/mol. The molecule has 0 saturated carbocycles. The standard InChI is InChI=1S/C15H26N2O/c1-16-8-3-4-13(5-9-16)12-14-6-10-17(2)11-7-15(14)18/h12,14H,3-11H2,1-2H3. The molecule has 2 aliphatic heterocycles. The van der Waals surface area contributed by atoms with E-state index < -0.39 is 0 Å². The van der Waals surface area contributed by atoms with Crippen LogP contribution in [0.3, 0.4) is 0 Å². The van der Waals surface area contributed by atoms with Gasteiger partial charge >= 0.3 is 0 Å². The average molecular weight is 250 g/mol. The highest BCUT2D eigenvalue weighted by Gasteiger charge is 2.21. The first-order valence-corrected chi connectivity index (χ1v) is 7.24. The normalized spacial score (nSPS) is 31.3. The molecule has 1 atom stereocenters. The van der Waals surface area contributed by atoms with E-state index in [1.54, 1.807) is 0 Å². The molecule has 3 nitrogen and oxygen atoms in total. The second kappa shape index (κ2) is 6.48. The summed E-state index contributed by atoms with van der Waals surface area (Å²) in [5, 5.41) is 0. The van der Waals surface area contributed by atoms with E-state index in [1.807, 2.05) is 0 Å². The summed E-state index contributed by atoms with van der Waals surface area (Å²) in [6.45, 7) is 4.33. The van der Waals surface area contributed by atoms with Crippen molar-refractivity contribution in [2.45, 2.75) is 32.1 Å². The molecule has 2 heterocycles. The molecule has 0 aromatic heterocycles. The summed E-state index contributed by atoms with van der Waals surface area (Å²) in [6, 6.07) is 0. The van der Waals surface area contributed by atoms with Crippen molar-refractivity contribution in [1.82, 2.24) is 9.80 Å². The molecule has 102 valence electrons. The molecule has 2 aliphatic rings. The monoisotopic (exact) mass is 250 g/mol. The lowest BCUT2D eigenvalue weighted by molar-refractivity contribution is -0.121. The minimum Gasteiger partial charge on any atom is -0.306 e. The quantitative estimate of drug-likeness (QED) is 0.665. The van der Waals surface area contributed by atoms with Gasteiger partial charge in [-0.15, -0.1) is 0 Å².